The van der Waals surface area contributed by atoms with E-state index >= 15 is 0 Å². The zero-order valence-corrected chi connectivity index (χ0v) is 25.2. The van der Waals surface area contributed by atoms with E-state index in [2.05, 4.69) is 28.5 Å². The van der Waals surface area contributed by atoms with Gasteiger partial charge in [0.25, 0.3) is 10.0 Å². The molecule has 9 nitrogen and oxygen atoms in total. The lowest BCUT2D eigenvalue weighted by molar-refractivity contribution is -0.980. The van der Waals surface area contributed by atoms with Crippen LogP contribution in [0.5, 0.6) is 5.88 Å². The Morgan fingerprint density at radius 2 is 1.75 bits per heavy atom. The van der Waals surface area contributed by atoms with Gasteiger partial charge in [-0.3, -0.25) is 0 Å². The number of carbonyl (C=O) groups excluding carboxylic acids is 1. The van der Waals surface area contributed by atoms with E-state index < -0.39 is 10.0 Å². The maximum absolute atomic E-state index is 14.4. The lowest BCUT2D eigenvalue weighted by atomic mass is 9.99. The van der Waals surface area contributed by atoms with E-state index in [1.165, 1.54) is 12.1 Å². The number of rotatable bonds is 6. The number of aromatic nitrogens is 2. The summed E-state index contributed by atoms with van der Waals surface area (Å²) in [5, 5.41) is 1.93. The van der Waals surface area contributed by atoms with Crippen molar-refractivity contribution < 1.29 is 22.5 Å². The van der Waals surface area contributed by atoms with Crippen LogP contribution in [0.3, 0.4) is 0 Å². The Bertz CT molecular complexity index is 1490. The smallest absolute Gasteiger partial charge is 0.365 e. The van der Waals surface area contributed by atoms with Gasteiger partial charge in [-0.1, -0.05) is 45.0 Å². The van der Waals surface area contributed by atoms with Crippen LogP contribution in [0.15, 0.2) is 53.4 Å². The van der Waals surface area contributed by atoms with Gasteiger partial charge in [-0.15, -0.1) is 0 Å². The maximum Gasteiger partial charge on any atom is 0.365 e. The highest BCUT2D eigenvalue weighted by molar-refractivity contribution is 7.92. The highest BCUT2D eigenvalue weighted by Gasteiger charge is 2.48. The number of sulfonamides is 1. The van der Waals surface area contributed by atoms with Crippen molar-refractivity contribution in [1.82, 2.24) is 15.0 Å². The predicted molar refractivity (Wildman–Crippen MR) is 156 cm³/mol. The van der Waals surface area contributed by atoms with Crippen molar-refractivity contribution in [3.05, 3.63) is 65.2 Å². The third-order valence-corrected chi connectivity index (χ3v) is 8.78. The van der Waals surface area contributed by atoms with Crippen molar-refractivity contribution in [2.45, 2.75) is 58.4 Å². The molecule has 1 amide bonds. The molecular weight excluding hydrogens is 526 g/mol. The molecule has 0 fully saturated rings. The van der Waals surface area contributed by atoms with E-state index in [1.807, 2.05) is 58.1 Å². The van der Waals surface area contributed by atoms with Gasteiger partial charge >= 0.3 is 5.91 Å². The summed E-state index contributed by atoms with van der Waals surface area (Å²) in [6.45, 7) is 11.0. The number of nitrogens with zero attached hydrogens (tertiary/aromatic N) is 4. The number of nitrogens with one attached hydrogen (secondary N) is 1. The van der Waals surface area contributed by atoms with Gasteiger partial charge in [-0.25, -0.2) is 22.9 Å². The van der Waals surface area contributed by atoms with Crippen molar-refractivity contribution in [1.29, 1.82) is 0 Å². The lowest BCUT2D eigenvalue weighted by Gasteiger charge is -2.45. The minimum absolute atomic E-state index is 0.00664. The summed E-state index contributed by atoms with van der Waals surface area (Å²) in [7, 11) is -0.323. The molecule has 2 aromatic carbocycles. The number of carbonyl (C=O) groups is 1. The largest absolute Gasteiger partial charge is 0.471 e. The molecule has 3 aromatic rings. The Morgan fingerprint density at radius 3 is 2.38 bits per heavy atom. The molecule has 0 saturated carbocycles. The van der Waals surface area contributed by atoms with Crippen LogP contribution < -0.4 is 9.46 Å². The van der Waals surface area contributed by atoms with Crippen molar-refractivity contribution in [2.75, 3.05) is 32.0 Å². The average Bonchev–Trinajstić information content (AvgIpc) is 2.88. The Morgan fingerprint density at radius 1 is 1.07 bits per heavy atom. The van der Waals surface area contributed by atoms with Crippen LogP contribution in [0.2, 0.25) is 0 Å². The maximum atomic E-state index is 14.4. The van der Waals surface area contributed by atoms with Gasteiger partial charge in [-0.05, 0) is 55.5 Å². The van der Waals surface area contributed by atoms with Gasteiger partial charge < -0.3 is 4.74 Å². The topological polar surface area (TPSA) is 101 Å². The number of aryl methyl sites for hydroxylation is 2. The lowest BCUT2D eigenvalue weighted by Crippen LogP contribution is -2.68. The molecule has 0 radical (unpaired) electrons. The molecule has 4 rings (SSSR count). The molecule has 0 saturated heterocycles. The minimum atomic E-state index is -4.11. The highest BCUT2D eigenvalue weighted by atomic mass is 32.2. The van der Waals surface area contributed by atoms with E-state index in [4.69, 9.17) is 4.74 Å². The Labute approximate surface area is 237 Å². The molecule has 2 atom stereocenters. The van der Waals surface area contributed by atoms with Crippen molar-refractivity contribution >= 4 is 21.9 Å². The number of fused-ring (bicyclic) bond motifs is 4. The average molecular weight is 567 g/mol. The molecule has 40 heavy (non-hydrogen) atoms. The fourth-order valence-corrected chi connectivity index (χ4v) is 6.67. The monoisotopic (exact) mass is 566 g/mol. The molecule has 4 bridgehead atoms. The van der Waals surface area contributed by atoms with Gasteiger partial charge in [-0.2, -0.15) is 14.6 Å². The number of ether oxygens (including phenoxy) is 1. The third-order valence-electron chi connectivity index (χ3n) is 7.46. The van der Waals surface area contributed by atoms with Gasteiger partial charge in [0.05, 0.1) is 16.2 Å². The van der Waals surface area contributed by atoms with Crippen molar-refractivity contribution in [3.63, 3.8) is 0 Å². The SMILES string of the molecule is CCC[N+]1(N(C)C)C(=O)c2cccc(c2)S(=O)(=O)Nc2nc(cc(-c3c(C)cccc3C)n2)OC[C@H]1CC(C)C. The number of amides is 1. The molecule has 1 aliphatic heterocycles. The number of benzene rings is 2. The third kappa shape index (κ3) is 5.75. The van der Waals surface area contributed by atoms with Gasteiger partial charge in [0.1, 0.15) is 19.2 Å². The molecule has 2 heterocycles. The fourth-order valence-electron chi connectivity index (χ4n) is 5.68. The summed E-state index contributed by atoms with van der Waals surface area (Å²) >= 11 is 0. The number of hydrogen-bond donors (Lipinski definition) is 1. The molecule has 10 heteroatoms. The van der Waals surface area contributed by atoms with E-state index in [0.29, 0.717) is 24.2 Å². The Balaban J connectivity index is 1.98. The Hall–Kier alpha value is -3.34. The zero-order chi connectivity index (χ0) is 29.2. The summed E-state index contributed by atoms with van der Waals surface area (Å²) in [5.74, 6) is 0.261. The first-order chi connectivity index (χ1) is 18.9. The summed E-state index contributed by atoms with van der Waals surface area (Å²) < 4.78 is 35.9. The van der Waals surface area contributed by atoms with Gasteiger partial charge in [0.2, 0.25) is 11.8 Å². The number of anilines is 1. The van der Waals surface area contributed by atoms with E-state index in [1.54, 1.807) is 18.2 Å². The van der Waals surface area contributed by atoms with Gasteiger partial charge in [0.15, 0.2) is 0 Å². The van der Waals surface area contributed by atoms with Crippen molar-refractivity contribution in [3.8, 4) is 17.1 Å². The van der Waals surface area contributed by atoms with Crippen LogP contribution in [0.1, 0.15) is 55.1 Å². The van der Waals surface area contributed by atoms with Crippen LogP contribution >= 0.6 is 0 Å². The molecule has 1 aromatic heterocycles. The summed E-state index contributed by atoms with van der Waals surface area (Å²) in [6.07, 6.45) is 1.45. The van der Waals surface area contributed by atoms with E-state index in [-0.39, 0.29) is 45.8 Å². The molecular formula is C30H40N5O4S+. The molecule has 1 unspecified atom stereocenters. The quantitative estimate of drug-likeness (QED) is 0.409. The van der Waals surface area contributed by atoms with Gasteiger partial charge in [0, 0.05) is 32.1 Å². The fraction of sp³-hybridized carbons (Fsp3) is 0.433. The first kappa shape index (κ1) is 29.6. The number of quaternary nitrogens is 1. The molecule has 0 spiro atoms. The molecule has 1 aliphatic rings. The second-order valence-electron chi connectivity index (χ2n) is 11.1. The normalized spacial score (nSPS) is 20.7. The zero-order valence-electron chi connectivity index (χ0n) is 24.4. The van der Waals surface area contributed by atoms with Crippen LogP contribution in [0, 0.1) is 19.8 Å². The first-order valence-electron chi connectivity index (χ1n) is 13.7. The highest BCUT2D eigenvalue weighted by Crippen LogP contribution is 2.32. The molecule has 0 aliphatic carbocycles. The first-order valence-corrected chi connectivity index (χ1v) is 15.2. The molecule has 214 valence electrons. The standard InChI is InChI=1S/C30H40N5O4S/c1-8-15-35(34(6)7)24(16-20(2)3)19-39-27-18-26(28-21(4)11-9-12-22(28)5)31-30(32-27)33-40(37,38)25-14-10-13-23(17-25)29(35)36/h9-14,17-18,20,24H,8,15-16,19H2,1-7H3,(H,31,32,33)/q+1/t24-,35?/m1/s1. The van der Waals surface area contributed by atoms with Crippen LogP contribution in [0.4, 0.5) is 5.95 Å². The predicted octanol–water partition coefficient (Wildman–Crippen LogP) is 5.21. The van der Waals surface area contributed by atoms with Crippen LogP contribution in [-0.4, -0.2) is 67.2 Å². The van der Waals surface area contributed by atoms with E-state index in [0.717, 1.165) is 23.1 Å². The van der Waals surface area contributed by atoms with Crippen LogP contribution in [0.25, 0.3) is 11.3 Å². The van der Waals surface area contributed by atoms with Crippen molar-refractivity contribution in [2.24, 2.45) is 5.92 Å². The van der Waals surface area contributed by atoms with Crippen LogP contribution in [-0.2, 0) is 10.0 Å². The second-order valence-corrected chi connectivity index (χ2v) is 12.8. The second kappa shape index (κ2) is 11.6. The molecule has 1 N–H and O–H groups in total. The Kier molecular flexibility index (Phi) is 8.63. The summed E-state index contributed by atoms with van der Waals surface area (Å²) in [6, 6.07) is 13.6. The summed E-state index contributed by atoms with van der Waals surface area (Å²) in [5.41, 5.74) is 3.76. The summed E-state index contributed by atoms with van der Waals surface area (Å²) in [4.78, 5) is 23.4. The van der Waals surface area contributed by atoms with E-state index in [9.17, 15) is 13.2 Å². The number of hydrogen-bond acceptors (Lipinski definition) is 7. The minimum Gasteiger partial charge on any atom is -0.471 e.